The van der Waals surface area contributed by atoms with E-state index in [1.54, 1.807) is 16.8 Å². The normalized spacial score (nSPS) is 10.3. The molecule has 0 aliphatic heterocycles. The molecule has 2 heterocycles. The van der Waals surface area contributed by atoms with Crippen molar-refractivity contribution in [2.75, 3.05) is 11.9 Å². The van der Waals surface area contributed by atoms with Crippen LogP contribution in [0.25, 0.3) is 0 Å². The fraction of sp³-hybridized carbons (Fsp3) is 0.222. The molecule has 0 fully saturated rings. The van der Waals surface area contributed by atoms with Gasteiger partial charge in [0.15, 0.2) is 0 Å². The average Bonchev–Trinajstić information content (AvgIpc) is 2.77. The lowest BCUT2D eigenvalue weighted by Gasteiger charge is -2.05. The Bertz CT molecular complexity index is 510. The van der Waals surface area contributed by atoms with Gasteiger partial charge in [-0.05, 0) is 0 Å². The lowest BCUT2D eigenvalue weighted by atomic mass is 10.3. The van der Waals surface area contributed by atoms with Gasteiger partial charge in [-0.2, -0.15) is 5.10 Å². The molecule has 0 amide bonds. The minimum Gasteiger partial charge on any atom is -0.382 e. The summed E-state index contributed by atoms with van der Waals surface area (Å²) in [5.41, 5.74) is 2.96. The van der Waals surface area contributed by atoms with Crippen molar-refractivity contribution in [3.05, 3.63) is 38.2 Å². The van der Waals surface area contributed by atoms with Gasteiger partial charge in [-0.25, -0.2) is 10.1 Å². The number of nitrogens with zero attached hydrogens (tertiary/aromatic N) is 2. The summed E-state index contributed by atoms with van der Waals surface area (Å²) in [4.78, 5) is 15.3. The van der Waals surface area contributed by atoms with Gasteiger partial charge in [-0.15, -0.1) is 11.3 Å². The zero-order chi connectivity index (χ0) is 11.4. The van der Waals surface area contributed by atoms with Crippen molar-refractivity contribution in [3.63, 3.8) is 0 Å². The third kappa shape index (κ3) is 2.59. The van der Waals surface area contributed by atoms with Crippen LogP contribution in [0.1, 0.15) is 5.69 Å². The number of anilines is 1. The Morgan fingerprint density at radius 1 is 1.56 bits per heavy atom. The van der Waals surface area contributed by atoms with Crippen molar-refractivity contribution in [2.24, 2.45) is 0 Å². The maximum atomic E-state index is 11.1. The topological polar surface area (TPSA) is 70.7 Å². The fourth-order valence-corrected chi connectivity index (χ4v) is 1.94. The first-order valence-corrected chi connectivity index (χ1v) is 5.93. The molecule has 0 atom stereocenters. The Kier molecular flexibility index (Phi) is 3.53. The number of nitrogens with one attached hydrogen (secondary N) is 2. The maximum Gasteiger partial charge on any atom is 0.285 e. The summed E-state index contributed by atoms with van der Waals surface area (Å²) in [6, 6.07) is 0. The molecule has 0 spiro atoms. The fourth-order valence-electron chi connectivity index (χ4n) is 1.19. The van der Waals surface area contributed by atoms with Crippen LogP contribution in [0.2, 0.25) is 5.02 Å². The second kappa shape index (κ2) is 5.09. The van der Waals surface area contributed by atoms with Crippen LogP contribution in [0.4, 0.5) is 5.69 Å². The average molecular weight is 257 g/mol. The molecule has 16 heavy (non-hydrogen) atoms. The van der Waals surface area contributed by atoms with Crippen molar-refractivity contribution in [3.8, 4) is 0 Å². The zero-order valence-corrected chi connectivity index (χ0v) is 9.81. The van der Waals surface area contributed by atoms with E-state index in [0.717, 1.165) is 12.1 Å². The van der Waals surface area contributed by atoms with Crippen LogP contribution in [-0.2, 0) is 6.42 Å². The second-order valence-corrected chi connectivity index (χ2v) is 4.18. The summed E-state index contributed by atoms with van der Waals surface area (Å²) >= 11 is 7.35. The van der Waals surface area contributed by atoms with Gasteiger partial charge in [0, 0.05) is 18.3 Å². The highest BCUT2D eigenvalue weighted by Gasteiger charge is 2.04. The van der Waals surface area contributed by atoms with Crippen molar-refractivity contribution in [2.45, 2.75) is 6.42 Å². The van der Waals surface area contributed by atoms with E-state index >= 15 is 0 Å². The Labute approximate surface area is 101 Å². The minimum atomic E-state index is -0.389. The molecule has 2 aromatic heterocycles. The zero-order valence-electron chi connectivity index (χ0n) is 8.24. The van der Waals surface area contributed by atoms with Crippen molar-refractivity contribution in [1.82, 2.24) is 15.2 Å². The van der Waals surface area contributed by atoms with Gasteiger partial charge in [0.1, 0.15) is 5.02 Å². The molecule has 2 rings (SSSR count). The van der Waals surface area contributed by atoms with Crippen molar-refractivity contribution in [1.29, 1.82) is 0 Å². The first-order chi connectivity index (χ1) is 7.77. The first-order valence-electron chi connectivity index (χ1n) is 4.61. The van der Waals surface area contributed by atoms with Crippen LogP contribution in [-0.4, -0.2) is 21.7 Å². The Hall–Kier alpha value is -1.40. The van der Waals surface area contributed by atoms with Crippen LogP contribution >= 0.6 is 22.9 Å². The van der Waals surface area contributed by atoms with E-state index in [2.05, 4.69) is 20.5 Å². The first kappa shape index (κ1) is 11.1. The van der Waals surface area contributed by atoms with Gasteiger partial charge in [0.05, 0.1) is 23.1 Å². The van der Waals surface area contributed by atoms with Crippen LogP contribution < -0.4 is 10.9 Å². The van der Waals surface area contributed by atoms with E-state index in [9.17, 15) is 4.79 Å². The molecule has 7 heteroatoms. The number of hydrogen-bond acceptors (Lipinski definition) is 5. The molecule has 2 aromatic rings. The molecular weight excluding hydrogens is 248 g/mol. The van der Waals surface area contributed by atoms with Crippen LogP contribution in [0, 0.1) is 0 Å². The minimum absolute atomic E-state index is 0.133. The van der Waals surface area contributed by atoms with Crippen LogP contribution in [0.5, 0.6) is 0 Å². The van der Waals surface area contributed by atoms with Crippen molar-refractivity contribution >= 4 is 28.6 Å². The van der Waals surface area contributed by atoms with E-state index in [1.807, 2.05) is 5.38 Å². The van der Waals surface area contributed by atoms with Gasteiger partial charge in [-0.1, -0.05) is 11.6 Å². The highest BCUT2D eigenvalue weighted by molar-refractivity contribution is 7.07. The molecular formula is C9H9ClN4OS. The number of H-pyrrole nitrogens is 1. The summed E-state index contributed by atoms with van der Waals surface area (Å²) in [6.07, 6.45) is 2.28. The largest absolute Gasteiger partial charge is 0.382 e. The lowest BCUT2D eigenvalue weighted by Crippen LogP contribution is -2.13. The third-order valence-corrected chi connectivity index (χ3v) is 2.99. The molecule has 0 radical (unpaired) electrons. The van der Waals surface area contributed by atoms with E-state index in [1.165, 1.54) is 6.20 Å². The molecule has 5 nitrogen and oxygen atoms in total. The van der Waals surface area contributed by atoms with Crippen molar-refractivity contribution < 1.29 is 0 Å². The predicted molar refractivity (Wildman–Crippen MR) is 64.2 cm³/mol. The van der Waals surface area contributed by atoms with Gasteiger partial charge in [-0.3, -0.25) is 4.79 Å². The lowest BCUT2D eigenvalue weighted by molar-refractivity contribution is 0.953. The third-order valence-electron chi connectivity index (χ3n) is 1.98. The van der Waals surface area contributed by atoms with E-state index in [-0.39, 0.29) is 10.6 Å². The number of aromatic nitrogens is 3. The summed E-state index contributed by atoms with van der Waals surface area (Å²) in [6.45, 7) is 0.661. The number of rotatable bonds is 4. The Morgan fingerprint density at radius 3 is 3.19 bits per heavy atom. The van der Waals surface area contributed by atoms with Gasteiger partial charge in [0.25, 0.3) is 5.56 Å². The van der Waals surface area contributed by atoms with Gasteiger partial charge in [0.2, 0.25) is 0 Å². The van der Waals surface area contributed by atoms with Gasteiger partial charge < -0.3 is 5.32 Å². The Morgan fingerprint density at radius 2 is 2.44 bits per heavy atom. The standard InChI is InChI=1S/C9H9ClN4OS/c10-8-7(3-13-14-9(8)15)11-2-1-6-4-16-5-12-6/h3-5H,1-2H2,(H2,11,14,15). The molecule has 0 saturated heterocycles. The number of thiazole rings is 1. The molecule has 84 valence electrons. The molecule has 0 unspecified atom stereocenters. The molecule has 0 aromatic carbocycles. The molecule has 0 aliphatic carbocycles. The van der Waals surface area contributed by atoms with E-state index in [0.29, 0.717) is 12.2 Å². The number of halogens is 1. The Balaban J connectivity index is 1.95. The highest BCUT2D eigenvalue weighted by atomic mass is 35.5. The van der Waals surface area contributed by atoms with E-state index in [4.69, 9.17) is 11.6 Å². The summed E-state index contributed by atoms with van der Waals surface area (Å²) < 4.78 is 0. The second-order valence-electron chi connectivity index (χ2n) is 3.08. The molecule has 2 N–H and O–H groups in total. The summed E-state index contributed by atoms with van der Waals surface area (Å²) in [5.74, 6) is 0. The summed E-state index contributed by atoms with van der Waals surface area (Å²) in [5, 5.41) is 11.1. The smallest absolute Gasteiger partial charge is 0.285 e. The summed E-state index contributed by atoms with van der Waals surface area (Å²) in [7, 11) is 0. The van der Waals surface area contributed by atoms with Crippen LogP contribution in [0.15, 0.2) is 21.9 Å². The predicted octanol–water partition coefficient (Wildman–Crippen LogP) is 1.53. The number of hydrogen-bond donors (Lipinski definition) is 2. The quantitative estimate of drug-likeness (QED) is 0.871. The highest BCUT2D eigenvalue weighted by Crippen LogP contribution is 2.14. The van der Waals surface area contributed by atoms with E-state index < -0.39 is 0 Å². The van der Waals surface area contributed by atoms with Gasteiger partial charge >= 0.3 is 0 Å². The SMILES string of the molecule is O=c1[nH]ncc(NCCc2cscn2)c1Cl. The monoisotopic (exact) mass is 256 g/mol. The maximum absolute atomic E-state index is 11.1. The number of aromatic amines is 1. The molecule has 0 saturated carbocycles. The van der Waals surface area contributed by atoms with Crippen LogP contribution in [0.3, 0.4) is 0 Å². The molecule has 0 aliphatic rings. The molecule has 0 bridgehead atoms.